The van der Waals surface area contributed by atoms with Crippen LogP contribution in [0.4, 0.5) is 0 Å². The van der Waals surface area contributed by atoms with Gasteiger partial charge in [0.1, 0.15) is 0 Å². The monoisotopic (exact) mass is 198 g/mol. The summed E-state index contributed by atoms with van der Waals surface area (Å²) >= 11 is 1.19. The van der Waals surface area contributed by atoms with E-state index in [1.165, 1.54) is 22.8 Å². The second-order valence-electron chi connectivity index (χ2n) is 2.76. The second kappa shape index (κ2) is 4.87. The van der Waals surface area contributed by atoms with Crippen molar-refractivity contribution in [1.82, 2.24) is 5.32 Å². The van der Waals surface area contributed by atoms with Gasteiger partial charge in [0.25, 0.3) is 5.91 Å². The number of carbonyl (C=O) groups is 1. The van der Waals surface area contributed by atoms with E-state index in [9.17, 15) is 9.90 Å². The van der Waals surface area contributed by atoms with E-state index in [-0.39, 0.29) is 11.7 Å². The molecule has 0 atom stereocenters. The zero-order valence-electron chi connectivity index (χ0n) is 7.50. The highest BCUT2D eigenvalue weighted by Gasteiger charge is 2.07. The first-order valence-electron chi connectivity index (χ1n) is 4.27. The summed E-state index contributed by atoms with van der Waals surface area (Å²) in [6, 6.07) is 1.37. The van der Waals surface area contributed by atoms with Crippen molar-refractivity contribution in [3.63, 3.8) is 0 Å². The van der Waals surface area contributed by atoms with Gasteiger partial charge in [-0.2, -0.15) is 0 Å². The molecular formula is C9H12NO2S. The van der Waals surface area contributed by atoms with Gasteiger partial charge in [-0.1, -0.05) is 13.3 Å². The van der Waals surface area contributed by atoms with E-state index >= 15 is 0 Å². The van der Waals surface area contributed by atoms with Crippen molar-refractivity contribution in [3.05, 3.63) is 16.3 Å². The molecule has 0 aromatic carbocycles. The van der Waals surface area contributed by atoms with Crippen LogP contribution in [0, 0.1) is 0 Å². The number of thiophene rings is 1. The first-order valence-corrected chi connectivity index (χ1v) is 5.15. The van der Waals surface area contributed by atoms with Crippen molar-refractivity contribution in [3.8, 4) is 5.75 Å². The van der Waals surface area contributed by atoms with Crippen LogP contribution in [0.1, 0.15) is 29.4 Å². The summed E-state index contributed by atoms with van der Waals surface area (Å²) in [6.45, 7) is 2.74. The van der Waals surface area contributed by atoms with E-state index in [4.69, 9.17) is 0 Å². The summed E-state index contributed by atoms with van der Waals surface area (Å²) in [4.78, 5) is 11.8. The molecule has 3 nitrogen and oxygen atoms in total. The minimum Gasteiger partial charge on any atom is -0.351 e. The molecule has 1 radical (unpaired) electrons. The predicted molar refractivity (Wildman–Crippen MR) is 51.7 cm³/mol. The van der Waals surface area contributed by atoms with Crippen LogP contribution < -0.4 is 5.32 Å². The molecule has 1 rings (SSSR count). The van der Waals surface area contributed by atoms with Crippen molar-refractivity contribution >= 4 is 17.2 Å². The molecule has 1 amide bonds. The zero-order valence-corrected chi connectivity index (χ0v) is 8.32. The molecule has 1 aromatic rings. The SMILES string of the molecule is CCCCNC(=O)c1cc([O])cs1. The van der Waals surface area contributed by atoms with Crippen LogP contribution in [0.15, 0.2) is 11.4 Å². The standard InChI is InChI=1S/C9H12NO2S/c1-2-3-4-10-9(12)8-5-7(11)6-13-8/h5-6H,2-4H2,1H3,(H,10,12). The van der Waals surface area contributed by atoms with Gasteiger partial charge in [0.05, 0.1) is 4.88 Å². The topological polar surface area (TPSA) is 49.0 Å². The fraction of sp³-hybridized carbons (Fsp3) is 0.444. The van der Waals surface area contributed by atoms with Crippen LogP contribution in [-0.2, 0) is 5.11 Å². The molecule has 0 aliphatic heterocycles. The van der Waals surface area contributed by atoms with Crippen molar-refractivity contribution in [2.75, 3.05) is 6.54 Å². The third kappa shape index (κ3) is 3.06. The van der Waals surface area contributed by atoms with Crippen molar-refractivity contribution in [2.45, 2.75) is 19.8 Å². The lowest BCUT2D eigenvalue weighted by Crippen LogP contribution is -2.23. The largest absolute Gasteiger partial charge is 0.351 e. The fourth-order valence-electron chi connectivity index (χ4n) is 0.904. The Balaban J connectivity index is 2.40. The van der Waals surface area contributed by atoms with Gasteiger partial charge in [-0.15, -0.1) is 11.3 Å². The van der Waals surface area contributed by atoms with E-state index in [1.54, 1.807) is 0 Å². The first-order chi connectivity index (χ1) is 6.24. The van der Waals surface area contributed by atoms with Crippen molar-refractivity contribution < 1.29 is 9.90 Å². The van der Waals surface area contributed by atoms with Crippen molar-refractivity contribution in [1.29, 1.82) is 0 Å². The normalized spacial score (nSPS) is 9.92. The van der Waals surface area contributed by atoms with E-state index in [1.807, 2.05) is 0 Å². The third-order valence-corrected chi connectivity index (χ3v) is 2.52. The van der Waals surface area contributed by atoms with Crippen LogP contribution in [0.2, 0.25) is 0 Å². The summed E-state index contributed by atoms with van der Waals surface area (Å²) in [7, 11) is 0. The van der Waals surface area contributed by atoms with Gasteiger partial charge in [-0.05, 0) is 6.42 Å². The Kier molecular flexibility index (Phi) is 3.76. The van der Waals surface area contributed by atoms with E-state index in [2.05, 4.69) is 12.2 Å². The van der Waals surface area contributed by atoms with Gasteiger partial charge in [-0.3, -0.25) is 9.90 Å². The van der Waals surface area contributed by atoms with Crippen LogP contribution in [0.3, 0.4) is 0 Å². The van der Waals surface area contributed by atoms with E-state index in [0.717, 1.165) is 12.8 Å². The number of nitrogens with one attached hydrogen (secondary N) is 1. The van der Waals surface area contributed by atoms with E-state index < -0.39 is 0 Å². The average Bonchev–Trinajstić information content (AvgIpc) is 2.52. The van der Waals surface area contributed by atoms with Crippen LogP contribution in [0.25, 0.3) is 0 Å². The number of carbonyl (C=O) groups excluding carboxylic acids is 1. The fourth-order valence-corrected chi connectivity index (χ4v) is 1.58. The van der Waals surface area contributed by atoms with Gasteiger partial charge >= 0.3 is 0 Å². The quantitative estimate of drug-likeness (QED) is 0.742. The number of unbranched alkanes of at least 4 members (excludes halogenated alkanes) is 1. The average molecular weight is 198 g/mol. The first kappa shape index (κ1) is 10.1. The van der Waals surface area contributed by atoms with Crippen LogP contribution in [-0.4, -0.2) is 12.5 Å². The molecule has 0 aliphatic rings. The second-order valence-corrected chi connectivity index (χ2v) is 3.67. The summed E-state index contributed by atoms with van der Waals surface area (Å²) in [5.74, 6) is -0.230. The molecule has 0 bridgehead atoms. The Morgan fingerprint density at radius 3 is 2.92 bits per heavy atom. The van der Waals surface area contributed by atoms with Crippen LogP contribution >= 0.6 is 11.3 Å². The van der Waals surface area contributed by atoms with Gasteiger partial charge < -0.3 is 5.32 Å². The van der Waals surface area contributed by atoms with Gasteiger partial charge in [-0.25, -0.2) is 0 Å². The lowest BCUT2D eigenvalue weighted by Gasteiger charge is -2.00. The number of hydrogen-bond donors (Lipinski definition) is 1. The number of amides is 1. The molecule has 1 heterocycles. The van der Waals surface area contributed by atoms with Crippen LogP contribution in [0.5, 0.6) is 5.75 Å². The highest BCUT2D eigenvalue weighted by Crippen LogP contribution is 2.20. The minimum absolute atomic E-state index is 0.0920. The number of rotatable bonds is 4. The molecule has 13 heavy (non-hydrogen) atoms. The Hall–Kier alpha value is -1.03. The highest BCUT2D eigenvalue weighted by atomic mass is 32.1. The van der Waals surface area contributed by atoms with Gasteiger partial charge in [0.2, 0.25) is 0 Å². The summed E-state index contributed by atoms with van der Waals surface area (Å²) in [6.07, 6.45) is 2.03. The lowest BCUT2D eigenvalue weighted by molar-refractivity contribution is 0.0957. The maximum atomic E-state index is 11.3. The smallest absolute Gasteiger partial charge is 0.261 e. The Morgan fingerprint density at radius 2 is 2.38 bits per heavy atom. The Bertz CT molecular complexity index is 283. The molecular weight excluding hydrogens is 186 g/mol. The molecule has 71 valence electrons. The van der Waals surface area contributed by atoms with Gasteiger partial charge in [0.15, 0.2) is 5.75 Å². The molecule has 0 unspecified atom stereocenters. The Labute approximate surface area is 81.4 Å². The predicted octanol–water partition coefficient (Wildman–Crippen LogP) is 2.42. The number of hydrogen-bond acceptors (Lipinski definition) is 2. The molecule has 0 fully saturated rings. The summed E-state index contributed by atoms with van der Waals surface area (Å²) < 4.78 is 0. The van der Waals surface area contributed by atoms with E-state index in [0.29, 0.717) is 11.4 Å². The Morgan fingerprint density at radius 1 is 1.62 bits per heavy atom. The molecule has 0 saturated carbocycles. The summed E-state index contributed by atoms with van der Waals surface area (Å²) in [5.41, 5.74) is 0. The van der Waals surface area contributed by atoms with Gasteiger partial charge in [0, 0.05) is 18.0 Å². The molecule has 0 spiro atoms. The molecule has 1 N–H and O–H groups in total. The zero-order chi connectivity index (χ0) is 9.68. The highest BCUT2D eigenvalue weighted by molar-refractivity contribution is 7.12. The summed E-state index contributed by atoms with van der Waals surface area (Å²) in [5, 5.41) is 14.9. The molecule has 0 aliphatic carbocycles. The maximum absolute atomic E-state index is 11.3. The van der Waals surface area contributed by atoms with Crippen molar-refractivity contribution in [2.24, 2.45) is 0 Å². The molecule has 1 aromatic heterocycles. The minimum atomic E-state index is -0.138. The molecule has 4 heteroatoms. The lowest BCUT2D eigenvalue weighted by atomic mass is 10.3. The third-order valence-electron chi connectivity index (χ3n) is 1.62. The molecule has 0 saturated heterocycles. The maximum Gasteiger partial charge on any atom is 0.261 e.